The second-order valence-corrected chi connectivity index (χ2v) is 17.0. The van der Waals surface area contributed by atoms with Crippen molar-refractivity contribution in [3.05, 3.63) is 158 Å². The number of hydrogen-bond acceptors (Lipinski definition) is 6. The summed E-state index contributed by atoms with van der Waals surface area (Å²) in [5.41, 5.74) is 0. The Morgan fingerprint density at radius 3 is 1.01 bits per heavy atom. The SMILES string of the molecule is CCC=CCC=CCC=CCC=CCC=CCC=CCCC(=O)OCC(COC(=O)CCCC=CCC=CCC=CCC=CCC=CCC)OC(=O)CCCCCCCC=CCC=CCCCCC. The number of carbonyl (C=O) groups excluding carboxylic acids is 3. The maximum Gasteiger partial charge on any atom is 0.306 e. The molecule has 1 unspecified atom stereocenters. The molecule has 6 nitrogen and oxygen atoms in total. The minimum Gasteiger partial charge on any atom is -0.462 e. The molecular formula is C63H96O6. The first-order chi connectivity index (χ1) is 34.0. The molecule has 0 aliphatic rings. The van der Waals surface area contributed by atoms with Gasteiger partial charge in [-0.2, -0.15) is 0 Å². The van der Waals surface area contributed by atoms with Crippen molar-refractivity contribution in [2.75, 3.05) is 13.2 Å². The number of esters is 3. The minimum absolute atomic E-state index is 0.144. The smallest absolute Gasteiger partial charge is 0.306 e. The van der Waals surface area contributed by atoms with Crippen LogP contribution in [0.15, 0.2) is 158 Å². The maximum atomic E-state index is 12.8. The highest BCUT2D eigenvalue weighted by Crippen LogP contribution is 2.11. The van der Waals surface area contributed by atoms with E-state index in [2.05, 4.69) is 167 Å². The Balaban J connectivity index is 4.65. The zero-order valence-corrected chi connectivity index (χ0v) is 43.8. The summed E-state index contributed by atoms with van der Waals surface area (Å²) in [5, 5.41) is 0. The molecule has 0 aromatic rings. The van der Waals surface area contributed by atoms with E-state index in [1.807, 2.05) is 12.2 Å². The van der Waals surface area contributed by atoms with E-state index in [9.17, 15) is 14.4 Å². The molecule has 69 heavy (non-hydrogen) atoms. The molecule has 384 valence electrons. The van der Waals surface area contributed by atoms with Crippen molar-refractivity contribution >= 4 is 17.9 Å². The van der Waals surface area contributed by atoms with Crippen LogP contribution in [0.4, 0.5) is 0 Å². The predicted octanol–water partition coefficient (Wildman–Crippen LogP) is 18.2. The zero-order valence-electron chi connectivity index (χ0n) is 43.8. The molecule has 0 spiro atoms. The molecule has 0 aromatic carbocycles. The van der Waals surface area contributed by atoms with E-state index in [4.69, 9.17) is 14.2 Å². The predicted molar refractivity (Wildman–Crippen MR) is 297 cm³/mol. The van der Waals surface area contributed by atoms with Gasteiger partial charge in [-0.15, -0.1) is 0 Å². The number of allylic oxidation sites excluding steroid dienone is 26. The molecule has 0 aliphatic carbocycles. The average Bonchev–Trinajstić information content (AvgIpc) is 3.35. The van der Waals surface area contributed by atoms with Crippen molar-refractivity contribution in [3.63, 3.8) is 0 Å². The fourth-order valence-corrected chi connectivity index (χ4v) is 6.53. The van der Waals surface area contributed by atoms with E-state index in [-0.39, 0.29) is 50.4 Å². The molecule has 0 saturated heterocycles. The molecule has 0 radical (unpaired) electrons. The van der Waals surface area contributed by atoms with Gasteiger partial charge in [0.25, 0.3) is 0 Å². The van der Waals surface area contributed by atoms with E-state index >= 15 is 0 Å². The summed E-state index contributed by atoms with van der Waals surface area (Å²) in [7, 11) is 0. The van der Waals surface area contributed by atoms with Crippen LogP contribution in [0.1, 0.15) is 201 Å². The first-order valence-electron chi connectivity index (χ1n) is 27.0. The first-order valence-corrected chi connectivity index (χ1v) is 27.0. The van der Waals surface area contributed by atoms with Crippen molar-refractivity contribution in [2.24, 2.45) is 0 Å². The fourth-order valence-electron chi connectivity index (χ4n) is 6.53. The number of rotatable bonds is 46. The van der Waals surface area contributed by atoms with Gasteiger partial charge in [0.1, 0.15) is 13.2 Å². The van der Waals surface area contributed by atoms with Gasteiger partial charge >= 0.3 is 17.9 Å². The third kappa shape index (κ3) is 53.8. The zero-order chi connectivity index (χ0) is 50.0. The molecule has 0 amide bonds. The van der Waals surface area contributed by atoms with Gasteiger partial charge in [-0.1, -0.05) is 211 Å². The molecule has 6 heteroatoms. The van der Waals surface area contributed by atoms with Crippen molar-refractivity contribution in [1.82, 2.24) is 0 Å². The first kappa shape index (κ1) is 64.0. The van der Waals surface area contributed by atoms with Gasteiger partial charge in [0.2, 0.25) is 0 Å². The molecular weight excluding hydrogens is 853 g/mol. The van der Waals surface area contributed by atoms with Gasteiger partial charge in [0.15, 0.2) is 6.10 Å². The largest absolute Gasteiger partial charge is 0.462 e. The highest BCUT2D eigenvalue weighted by molar-refractivity contribution is 5.71. The van der Waals surface area contributed by atoms with Crippen molar-refractivity contribution in [2.45, 2.75) is 207 Å². The molecule has 0 rings (SSSR count). The highest BCUT2D eigenvalue weighted by Gasteiger charge is 2.19. The van der Waals surface area contributed by atoms with Crippen LogP contribution in [0.3, 0.4) is 0 Å². The van der Waals surface area contributed by atoms with Gasteiger partial charge in [-0.05, 0) is 128 Å². The summed E-state index contributed by atoms with van der Waals surface area (Å²) >= 11 is 0. The molecule has 0 bridgehead atoms. The minimum atomic E-state index is -0.847. The molecule has 0 aromatic heterocycles. The number of unbranched alkanes of at least 4 members (excludes halogenated alkanes) is 9. The number of ether oxygens (including phenoxy) is 3. The maximum absolute atomic E-state index is 12.8. The van der Waals surface area contributed by atoms with Gasteiger partial charge < -0.3 is 14.2 Å². The molecule has 1 atom stereocenters. The molecule has 0 heterocycles. The third-order valence-corrected chi connectivity index (χ3v) is 10.5. The number of carbonyl (C=O) groups is 3. The lowest BCUT2D eigenvalue weighted by Gasteiger charge is -2.18. The lowest BCUT2D eigenvalue weighted by Crippen LogP contribution is -2.30. The highest BCUT2D eigenvalue weighted by atomic mass is 16.6. The summed E-state index contributed by atoms with van der Waals surface area (Å²) in [6.07, 6.45) is 81.0. The lowest BCUT2D eigenvalue weighted by atomic mass is 10.1. The van der Waals surface area contributed by atoms with E-state index in [0.717, 1.165) is 122 Å². The number of hydrogen-bond donors (Lipinski definition) is 0. The molecule has 0 aliphatic heterocycles. The molecule has 0 N–H and O–H groups in total. The Bertz CT molecular complexity index is 1610. The fraction of sp³-hybridized carbons (Fsp3) is 0.540. The van der Waals surface area contributed by atoms with Crippen LogP contribution in [0.25, 0.3) is 0 Å². The summed E-state index contributed by atoms with van der Waals surface area (Å²) < 4.78 is 16.7. The van der Waals surface area contributed by atoms with Crippen LogP contribution < -0.4 is 0 Å². The Kier molecular flexibility index (Phi) is 51.6. The summed E-state index contributed by atoms with van der Waals surface area (Å²) in [6, 6.07) is 0. The summed E-state index contributed by atoms with van der Waals surface area (Å²) in [6.45, 7) is 6.23. The summed E-state index contributed by atoms with van der Waals surface area (Å²) in [5.74, 6) is -1.11. The monoisotopic (exact) mass is 949 g/mol. The van der Waals surface area contributed by atoms with Gasteiger partial charge in [0.05, 0.1) is 0 Å². The van der Waals surface area contributed by atoms with Crippen LogP contribution in [0.5, 0.6) is 0 Å². The normalized spacial score (nSPS) is 13.4. The Labute approximate surface area is 422 Å². The molecule has 0 fully saturated rings. The van der Waals surface area contributed by atoms with Gasteiger partial charge in [-0.3, -0.25) is 14.4 Å². The van der Waals surface area contributed by atoms with Crippen molar-refractivity contribution in [3.8, 4) is 0 Å². The average molecular weight is 949 g/mol. The molecule has 0 saturated carbocycles. The Morgan fingerprint density at radius 1 is 0.304 bits per heavy atom. The van der Waals surface area contributed by atoms with Gasteiger partial charge in [-0.25, -0.2) is 0 Å². The van der Waals surface area contributed by atoms with E-state index < -0.39 is 6.10 Å². The van der Waals surface area contributed by atoms with Crippen LogP contribution in [-0.2, 0) is 28.6 Å². The quantitative estimate of drug-likeness (QED) is 0.0262. The Hall–Kier alpha value is -4.97. The van der Waals surface area contributed by atoms with Crippen molar-refractivity contribution in [1.29, 1.82) is 0 Å². The van der Waals surface area contributed by atoms with Crippen LogP contribution in [0.2, 0.25) is 0 Å². The lowest BCUT2D eigenvalue weighted by molar-refractivity contribution is -0.166. The topological polar surface area (TPSA) is 78.9 Å². The van der Waals surface area contributed by atoms with Crippen LogP contribution >= 0.6 is 0 Å². The third-order valence-electron chi connectivity index (χ3n) is 10.5. The second-order valence-electron chi connectivity index (χ2n) is 17.0. The van der Waals surface area contributed by atoms with Crippen LogP contribution in [-0.4, -0.2) is 37.2 Å². The second kappa shape index (κ2) is 55.6. The van der Waals surface area contributed by atoms with E-state index in [1.54, 1.807) is 0 Å². The van der Waals surface area contributed by atoms with Gasteiger partial charge in [0, 0.05) is 19.3 Å². The van der Waals surface area contributed by atoms with E-state index in [1.165, 1.54) is 25.7 Å². The summed E-state index contributed by atoms with van der Waals surface area (Å²) in [4.78, 5) is 38.0. The van der Waals surface area contributed by atoms with Crippen LogP contribution in [0, 0.1) is 0 Å². The standard InChI is InChI=1S/C63H96O6/c1-4-7-10-13-16-19-22-25-28-30-31-33-36-38-41-44-47-50-53-56-62(65)68-59-60(69-63(66)57-54-51-48-45-42-39-34-27-24-21-18-15-12-9-6-3)58-67-61(64)55-52-49-46-43-40-37-35-32-29-26-23-20-17-14-11-8-5-2/h7-8,10-11,16-21,25-29,31,33-35,37-38,41,43,46-47,50,60H,4-6,9,12-15,22-24,30,32,36,39-40,42,44-45,48-49,51-59H2,1-3H3. The van der Waals surface area contributed by atoms with Crippen molar-refractivity contribution < 1.29 is 28.6 Å². The Morgan fingerprint density at radius 2 is 0.609 bits per heavy atom. The van der Waals surface area contributed by atoms with E-state index in [0.29, 0.717) is 12.8 Å².